The zero-order valence-corrected chi connectivity index (χ0v) is 14.9. The summed E-state index contributed by atoms with van der Waals surface area (Å²) in [5.74, 6) is -1.55. The average molecular weight is 366 g/mol. The summed E-state index contributed by atoms with van der Waals surface area (Å²) in [7, 11) is 0. The summed E-state index contributed by atoms with van der Waals surface area (Å²) in [5, 5.41) is 8.79. The number of hydrogen-bond donors (Lipinski definition) is 0. The van der Waals surface area contributed by atoms with Crippen LogP contribution in [0.5, 0.6) is 0 Å². The van der Waals surface area contributed by atoms with Crippen LogP contribution < -0.4 is 4.90 Å². The number of aryl methyl sites for hydroxylation is 1. The molecule has 0 aromatic heterocycles. The molecule has 0 N–H and O–H groups in total. The molecule has 0 unspecified atom stereocenters. The van der Waals surface area contributed by atoms with Crippen molar-refractivity contribution in [2.24, 2.45) is 0 Å². The third-order valence-corrected chi connectivity index (χ3v) is 3.69. The molecule has 138 valence electrons. The predicted molar refractivity (Wildman–Crippen MR) is 100 cm³/mol. The van der Waals surface area contributed by atoms with Crippen molar-refractivity contribution in [2.75, 3.05) is 18.1 Å². The monoisotopic (exact) mass is 366 g/mol. The number of esters is 1. The maximum atomic E-state index is 13.1. The van der Waals surface area contributed by atoms with E-state index in [1.165, 1.54) is 29.2 Å². The number of hydrogen-bond acceptors (Lipinski definition) is 4. The van der Waals surface area contributed by atoms with Gasteiger partial charge in [-0.2, -0.15) is 5.26 Å². The molecule has 0 fully saturated rings. The molecule has 0 spiro atoms. The molecule has 2 rings (SSSR count). The normalized spacial score (nSPS) is 10.4. The molecule has 27 heavy (non-hydrogen) atoms. The zero-order chi connectivity index (χ0) is 19.6. The quantitative estimate of drug-likeness (QED) is 0.554. The van der Waals surface area contributed by atoms with Crippen LogP contribution in [0, 0.1) is 24.1 Å². The third kappa shape index (κ3) is 6.40. The van der Waals surface area contributed by atoms with Gasteiger partial charge in [-0.25, -0.2) is 9.18 Å². The Balaban J connectivity index is 1.97. The van der Waals surface area contributed by atoms with Gasteiger partial charge < -0.3 is 9.64 Å². The molecular formula is C21H19FN2O3. The first-order valence-corrected chi connectivity index (χ1v) is 8.34. The summed E-state index contributed by atoms with van der Waals surface area (Å²) in [6, 6.07) is 15.0. The van der Waals surface area contributed by atoms with Gasteiger partial charge in [0.05, 0.1) is 12.5 Å². The highest BCUT2D eigenvalue weighted by atomic mass is 19.1. The first-order valence-electron chi connectivity index (χ1n) is 8.34. The van der Waals surface area contributed by atoms with Gasteiger partial charge in [0.25, 0.3) is 5.91 Å². The molecule has 0 aliphatic heterocycles. The molecule has 0 heterocycles. The van der Waals surface area contributed by atoms with Crippen LogP contribution in [0.2, 0.25) is 0 Å². The highest BCUT2D eigenvalue weighted by molar-refractivity contribution is 5.96. The maximum absolute atomic E-state index is 13.1. The number of amides is 1. The second-order valence-electron chi connectivity index (χ2n) is 5.79. The molecule has 0 saturated carbocycles. The van der Waals surface area contributed by atoms with Crippen molar-refractivity contribution < 1.29 is 18.7 Å². The summed E-state index contributed by atoms with van der Waals surface area (Å²) in [4.78, 5) is 25.6. The SMILES string of the molecule is Cc1ccc(N(CCC#N)C(=O)COC(=O)/C=C/c2cccc(F)c2)cc1. The van der Waals surface area contributed by atoms with Crippen LogP contribution in [-0.4, -0.2) is 25.0 Å². The topological polar surface area (TPSA) is 70.4 Å². The molecule has 1 amide bonds. The van der Waals surface area contributed by atoms with Crippen LogP contribution in [-0.2, 0) is 14.3 Å². The van der Waals surface area contributed by atoms with Crippen LogP contribution >= 0.6 is 0 Å². The number of halogens is 1. The number of rotatable bonds is 7. The Kier molecular flexibility index (Phi) is 7.26. The van der Waals surface area contributed by atoms with E-state index >= 15 is 0 Å². The number of nitrogens with zero attached hydrogens (tertiary/aromatic N) is 2. The lowest BCUT2D eigenvalue weighted by molar-refractivity contribution is -0.142. The van der Waals surface area contributed by atoms with Gasteiger partial charge >= 0.3 is 5.97 Å². The van der Waals surface area contributed by atoms with Crippen molar-refractivity contribution in [3.05, 3.63) is 71.6 Å². The number of benzene rings is 2. The second-order valence-corrected chi connectivity index (χ2v) is 5.79. The van der Waals surface area contributed by atoms with Crippen LogP contribution in [0.25, 0.3) is 6.08 Å². The Bertz CT molecular complexity index is 870. The van der Waals surface area contributed by atoms with Crippen molar-refractivity contribution in [3.8, 4) is 6.07 Å². The van der Waals surface area contributed by atoms with E-state index in [-0.39, 0.29) is 13.0 Å². The van der Waals surface area contributed by atoms with Crippen LogP contribution in [0.1, 0.15) is 17.5 Å². The van der Waals surface area contributed by atoms with Crippen LogP contribution in [0.4, 0.5) is 10.1 Å². The highest BCUT2D eigenvalue weighted by Gasteiger charge is 2.17. The van der Waals surface area contributed by atoms with Gasteiger partial charge in [0.15, 0.2) is 6.61 Å². The van der Waals surface area contributed by atoms with E-state index in [0.29, 0.717) is 11.3 Å². The van der Waals surface area contributed by atoms with E-state index in [1.807, 2.05) is 25.1 Å². The van der Waals surface area contributed by atoms with Gasteiger partial charge in [0.1, 0.15) is 5.82 Å². The predicted octanol–water partition coefficient (Wildman–Crippen LogP) is 3.64. The molecule has 0 aliphatic rings. The zero-order valence-electron chi connectivity index (χ0n) is 14.9. The summed E-state index contributed by atoms with van der Waals surface area (Å²) < 4.78 is 18.1. The fraction of sp³-hybridized carbons (Fsp3) is 0.190. The van der Waals surface area contributed by atoms with Crippen LogP contribution in [0.15, 0.2) is 54.6 Å². The van der Waals surface area contributed by atoms with Gasteiger partial charge in [-0.15, -0.1) is 0 Å². The fourth-order valence-corrected chi connectivity index (χ4v) is 2.32. The largest absolute Gasteiger partial charge is 0.452 e. The van der Waals surface area contributed by atoms with Crippen molar-refractivity contribution in [2.45, 2.75) is 13.3 Å². The Morgan fingerprint density at radius 3 is 2.63 bits per heavy atom. The minimum atomic E-state index is -0.711. The first-order chi connectivity index (χ1) is 13.0. The van der Waals surface area contributed by atoms with Gasteiger partial charge in [-0.1, -0.05) is 29.8 Å². The maximum Gasteiger partial charge on any atom is 0.331 e. The number of carbonyl (C=O) groups excluding carboxylic acids is 2. The summed E-state index contributed by atoms with van der Waals surface area (Å²) in [5.41, 5.74) is 2.18. The van der Waals surface area contributed by atoms with E-state index in [0.717, 1.165) is 11.6 Å². The highest BCUT2D eigenvalue weighted by Crippen LogP contribution is 2.16. The molecule has 0 radical (unpaired) electrons. The van der Waals surface area contributed by atoms with Crippen molar-refractivity contribution >= 4 is 23.6 Å². The summed E-state index contributed by atoms with van der Waals surface area (Å²) in [6.45, 7) is 1.68. The van der Waals surface area contributed by atoms with E-state index in [4.69, 9.17) is 10.00 Å². The van der Waals surface area contributed by atoms with E-state index in [9.17, 15) is 14.0 Å². The molecule has 5 nitrogen and oxygen atoms in total. The smallest absolute Gasteiger partial charge is 0.331 e. The third-order valence-electron chi connectivity index (χ3n) is 3.69. The Morgan fingerprint density at radius 2 is 1.96 bits per heavy atom. The molecule has 2 aromatic rings. The molecule has 0 saturated heterocycles. The minimum absolute atomic E-state index is 0.160. The standard InChI is InChI=1S/C21H19FN2O3/c1-16-6-9-19(10-7-16)24(13-3-12-23)20(25)15-27-21(26)11-8-17-4-2-5-18(22)14-17/h2,4-11,14H,3,13,15H2,1H3/b11-8+. The Morgan fingerprint density at radius 1 is 1.22 bits per heavy atom. The van der Waals surface area contributed by atoms with Crippen LogP contribution in [0.3, 0.4) is 0 Å². The molecular weight excluding hydrogens is 347 g/mol. The Hall–Kier alpha value is -3.46. The van der Waals surface area contributed by atoms with Gasteiger partial charge in [0.2, 0.25) is 0 Å². The van der Waals surface area contributed by atoms with E-state index in [1.54, 1.807) is 18.2 Å². The first kappa shape index (κ1) is 19.9. The van der Waals surface area contributed by atoms with E-state index in [2.05, 4.69) is 0 Å². The molecule has 0 aliphatic carbocycles. The summed E-state index contributed by atoms with van der Waals surface area (Å²) in [6.07, 6.45) is 2.70. The van der Waals surface area contributed by atoms with E-state index < -0.39 is 24.3 Å². The van der Waals surface area contributed by atoms with Crippen molar-refractivity contribution in [1.82, 2.24) is 0 Å². The lowest BCUT2D eigenvalue weighted by atomic mass is 10.2. The van der Waals surface area contributed by atoms with Gasteiger partial charge in [-0.05, 0) is 42.8 Å². The molecule has 6 heteroatoms. The number of ether oxygens (including phenoxy) is 1. The number of carbonyl (C=O) groups is 2. The lowest BCUT2D eigenvalue weighted by Crippen LogP contribution is -2.35. The molecule has 0 atom stereocenters. The van der Waals surface area contributed by atoms with Crippen molar-refractivity contribution in [1.29, 1.82) is 5.26 Å². The average Bonchev–Trinajstić information content (AvgIpc) is 2.66. The molecule has 0 bridgehead atoms. The van der Waals surface area contributed by atoms with Crippen molar-refractivity contribution in [3.63, 3.8) is 0 Å². The lowest BCUT2D eigenvalue weighted by Gasteiger charge is -2.21. The number of anilines is 1. The molecule has 2 aromatic carbocycles. The minimum Gasteiger partial charge on any atom is -0.452 e. The second kappa shape index (κ2) is 9.88. The summed E-state index contributed by atoms with van der Waals surface area (Å²) >= 11 is 0. The Labute approximate surface area is 157 Å². The van der Waals surface area contributed by atoms with Gasteiger partial charge in [0, 0.05) is 18.3 Å². The number of nitriles is 1. The van der Waals surface area contributed by atoms with Gasteiger partial charge in [-0.3, -0.25) is 4.79 Å². The fourth-order valence-electron chi connectivity index (χ4n) is 2.32.